The van der Waals surface area contributed by atoms with Crippen LogP contribution in [-0.4, -0.2) is 10.1 Å². The van der Waals surface area contributed by atoms with Crippen LogP contribution < -0.4 is 5.73 Å². The molecule has 0 atom stereocenters. The molecule has 0 radical (unpaired) electrons. The van der Waals surface area contributed by atoms with E-state index in [4.69, 9.17) is 14.7 Å². The van der Waals surface area contributed by atoms with E-state index in [1.54, 1.807) is 12.3 Å². The molecule has 17 heavy (non-hydrogen) atoms. The second-order valence-electron chi connectivity index (χ2n) is 4.68. The Kier molecular flexibility index (Phi) is 3.95. The molecule has 0 saturated carbocycles. The minimum atomic E-state index is -0.123. The van der Waals surface area contributed by atoms with Gasteiger partial charge in [0.05, 0.1) is 12.1 Å². The Morgan fingerprint density at radius 2 is 2.06 bits per heavy atom. The van der Waals surface area contributed by atoms with Crippen LogP contribution in [0.15, 0.2) is 21.3 Å². The second-order valence-corrected chi connectivity index (χ2v) is 4.68. The Labute approximate surface area is 106 Å². The van der Waals surface area contributed by atoms with E-state index in [1.807, 2.05) is 20.8 Å². The molecule has 2 N–H and O–H groups in total. The minimum absolute atomic E-state index is 0. The fraction of sp³-hybridized carbons (Fsp3) is 0.455. The van der Waals surface area contributed by atoms with E-state index in [9.17, 15) is 0 Å². The average Bonchev–Trinajstić information content (AvgIpc) is 2.85. The first kappa shape index (κ1) is 13.7. The number of halogens is 1. The lowest BCUT2D eigenvalue weighted by atomic mass is 9.96. The molecule has 6 heteroatoms. The lowest BCUT2D eigenvalue weighted by molar-refractivity contribution is 0.402. The summed E-state index contributed by atoms with van der Waals surface area (Å²) in [5, 5.41) is 3.94. The number of hydrogen-bond acceptors (Lipinski definition) is 5. The molecule has 2 aromatic heterocycles. The van der Waals surface area contributed by atoms with E-state index >= 15 is 0 Å². The first-order valence-electron chi connectivity index (χ1n) is 5.13. The van der Waals surface area contributed by atoms with Gasteiger partial charge in [0.1, 0.15) is 12.0 Å². The summed E-state index contributed by atoms with van der Waals surface area (Å²) < 4.78 is 10.4. The molecular formula is C11H16ClN3O2. The summed E-state index contributed by atoms with van der Waals surface area (Å²) in [6.07, 6.45) is 1.57. The van der Waals surface area contributed by atoms with E-state index in [0.29, 0.717) is 24.0 Å². The zero-order valence-electron chi connectivity index (χ0n) is 10.1. The first-order valence-corrected chi connectivity index (χ1v) is 5.13. The number of nitrogens with two attached hydrogens (primary N) is 1. The molecule has 94 valence electrons. The summed E-state index contributed by atoms with van der Waals surface area (Å²) >= 11 is 0. The maximum absolute atomic E-state index is 5.46. The van der Waals surface area contributed by atoms with Crippen LogP contribution in [0.2, 0.25) is 0 Å². The van der Waals surface area contributed by atoms with Gasteiger partial charge in [-0.25, -0.2) is 0 Å². The normalized spacial score (nSPS) is 11.3. The predicted molar refractivity (Wildman–Crippen MR) is 65.8 cm³/mol. The van der Waals surface area contributed by atoms with E-state index < -0.39 is 0 Å². The molecule has 0 spiro atoms. The van der Waals surface area contributed by atoms with Crippen LogP contribution in [-0.2, 0) is 12.0 Å². The summed E-state index contributed by atoms with van der Waals surface area (Å²) in [5.41, 5.74) is 6.10. The highest BCUT2D eigenvalue weighted by molar-refractivity contribution is 5.85. The molecule has 0 aliphatic heterocycles. The summed E-state index contributed by atoms with van der Waals surface area (Å²) in [5.74, 6) is 1.84. The number of rotatable bonds is 2. The smallest absolute Gasteiger partial charge is 0.261 e. The molecule has 5 nitrogen and oxygen atoms in total. The molecule has 2 rings (SSSR count). The van der Waals surface area contributed by atoms with E-state index in [0.717, 1.165) is 5.56 Å². The van der Waals surface area contributed by atoms with Gasteiger partial charge in [0.15, 0.2) is 5.82 Å². The van der Waals surface area contributed by atoms with Crippen LogP contribution in [0.25, 0.3) is 11.5 Å². The van der Waals surface area contributed by atoms with Gasteiger partial charge in [0.2, 0.25) is 0 Å². The Bertz CT molecular complexity index is 485. The monoisotopic (exact) mass is 257 g/mol. The van der Waals surface area contributed by atoms with Crippen molar-refractivity contribution in [1.82, 2.24) is 10.1 Å². The molecule has 0 aliphatic rings. The number of aromatic nitrogens is 2. The third-order valence-electron chi connectivity index (χ3n) is 2.20. The third kappa shape index (κ3) is 2.87. The second kappa shape index (κ2) is 4.89. The molecule has 0 unspecified atom stereocenters. The molecule has 2 heterocycles. The van der Waals surface area contributed by atoms with E-state index in [-0.39, 0.29) is 17.8 Å². The predicted octanol–water partition coefficient (Wildman–Crippen LogP) is 2.51. The molecule has 0 saturated heterocycles. The highest BCUT2D eigenvalue weighted by atomic mass is 35.5. The third-order valence-corrected chi connectivity index (χ3v) is 2.20. The van der Waals surface area contributed by atoms with Crippen LogP contribution in [0.1, 0.15) is 32.4 Å². The van der Waals surface area contributed by atoms with E-state index in [2.05, 4.69) is 10.1 Å². The molecule has 0 aromatic carbocycles. The quantitative estimate of drug-likeness (QED) is 0.894. The van der Waals surface area contributed by atoms with Gasteiger partial charge in [-0.3, -0.25) is 0 Å². The summed E-state index contributed by atoms with van der Waals surface area (Å²) in [6.45, 7) is 6.45. The molecule has 0 fully saturated rings. The highest BCUT2D eigenvalue weighted by Crippen LogP contribution is 2.24. The van der Waals surface area contributed by atoms with Gasteiger partial charge in [-0.1, -0.05) is 25.9 Å². The largest absolute Gasteiger partial charge is 0.467 e. The Morgan fingerprint density at radius 3 is 2.53 bits per heavy atom. The van der Waals surface area contributed by atoms with Gasteiger partial charge in [-0.2, -0.15) is 4.98 Å². The fourth-order valence-electron chi connectivity index (χ4n) is 1.25. The summed E-state index contributed by atoms with van der Waals surface area (Å²) in [7, 11) is 0. The van der Waals surface area contributed by atoms with Crippen molar-refractivity contribution in [2.45, 2.75) is 32.7 Å². The highest BCUT2D eigenvalue weighted by Gasteiger charge is 2.22. The molecule has 2 aromatic rings. The van der Waals surface area contributed by atoms with Crippen molar-refractivity contribution in [2.75, 3.05) is 0 Å². The summed E-state index contributed by atoms with van der Waals surface area (Å²) in [4.78, 5) is 4.32. The molecule has 0 amide bonds. The average molecular weight is 258 g/mol. The van der Waals surface area contributed by atoms with Gasteiger partial charge in [0.25, 0.3) is 5.89 Å². The Hall–Kier alpha value is -1.33. The van der Waals surface area contributed by atoms with Gasteiger partial charge in [-0.15, -0.1) is 12.4 Å². The molecule has 0 aliphatic carbocycles. The SMILES string of the molecule is CC(C)(C)c1noc(-c2coc(CN)c2)n1.Cl. The first-order chi connectivity index (χ1) is 7.50. The number of hydrogen-bond donors (Lipinski definition) is 1. The lowest BCUT2D eigenvalue weighted by Gasteiger charge is -2.10. The van der Waals surface area contributed by atoms with Crippen LogP contribution in [0.5, 0.6) is 0 Å². The van der Waals surface area contributed by atoms with Crippen molar-refractivity contribution in [3.8, 4) is 11.5 Å². The maximum Gasteiger partial charge on any atom is 0.261 e. The van der Waals surface area contributed by atoms with Crippen molar-refractivity contribution in [3.05, 3.63) is 23.9 Å². The number of furan rings is 1. The molecular weight excluding hydrogens is 242 g/mol. The van der Waals surface area contributed by atoms with Crippen molar-refractivity contribution >= 4 is 12.4 Å². The van der Waals surface area contributed by atoms with Crippen LogP contribution in [0.3, 0.4) is 0 Å². The number of nitrogens with zero attached hydrogens (tertiary/aromatic N) is 2. The summed E-state index contributed by atoms with van der Waals surface area (Å²) in [6, 6.07) is 1.81. The lowest BCUT2D eigenvalue weighted by Crippen LogP contribution is -2.13. The van der Waals surface area contributed by atoms with Crippen LogP contribution >= 0.6 is 12.4 Å². The Morgan fingerprint density at radius 1 is 1.35 bits per heavy atom. The van der Waals surface area contributed by atoms with Gasteiger partial charge >= 0.3 is 0 Å². The minimum Gasteiger partial charge on any atom is -0.467 e. The zero-order valence-corrected chi connectivity index (χ0v) is 10.9. The van der Waals surface area contributed by atoms with Crippen LogP contribution in [0, 0.1) is 0 Å². The fourth-order valence-corrected chi connectivity index (χ4v) is 1.25. The maximum atomic E-state index is 5.46. The zero-order chi connectivity index (χ0) is 11.8. The van der Waals surface area contributed by atoms with Crippen molar-refractivity contribution in [1.29, 1.82) is 0 Å². The standard InChI is InChI=1S/C11H15N3O2.ClH/c1-11(2,3)10-13-9(16-14-10)7-4-8(5-12)15-6-7;/h4,6H,5,12H2,1-3H3;1H. The van der Waals surface area contributed by atoms with E-state index in [1.165, 1.54) is 0 Å². The Balaban J connectivity index is 0.00000144. The van der Waals surface area contributed by atoms with Crippen molar-refractivity contribution in [3.63, 3.8) is 0 Å². The van der Waals surface area contributed by atoms with Gasteiger partial charge < -0.3 is 14.7 Å². The topological polar surface area (TPSA) is 78.1 Å². The van der Waals surface area contributed by atoms with Crippen LogP contribution in [0.4, 0.5) is 0 Å². The van der Waals surface area contributed by atoms with Crippen molar-refractivity contribution < 1.29 is 8.94 Å². The van der Waals surface area contributed by atoms with Gasteiger partial charge in [0, 0.05) is 5.41 Å². The molecule has 0 bridgehead atoms. The van der Waals surface area contributed by atoms with Crippen molar-refractivity contribution in [2.24, 2.45) is 5.73 Å². The van der Waals surface area contributed by atoms with Gasteiger partial charge in [-0.05, 0) is 6.07 Å².